The zero-order chi connectivity index (χ0) is 19.4. The van der Waals surface area contributed by atoms with Gasteiger partial charge in [0, 0.05) is 37.1 Å². The van der Waals surface area contributed by atoms with Crippen LogP contribution in [0.15, 0.2) is 54.6 Å². The van der Waals surface area contributed by atoms with Gasteiger partial charge in [-0.3, -0.25) is 4.79 Å². The summed E-state index contributed by atoms with van der Waals surface area (Å²) in [6.45, 7) is 3.83. The van der Waals surface area contributed by atoms with Crippen LogP contribution in [-0.4, -0.2) is 30.0 Å². The monoisotopic (exact) mass is 361 g/mol. The molecule has 0 saturated heterocycles. The Kier molecular flexibility index (Phi) is 5.35. The number of anilines is 4. The number of carbonyl (C=O) groups is 1. The van der Waals surface area contributed by atoms with Gasteiger partial charge in [-0.1, -0.05) is 17.7 Å². The summed E-state index contributed by atoms with van der Waals surface area (Å²) in [5.74, 6) is 2.14. The largest absolute Gasteiger partial charge is 0.363 e. The highest BCUT2D eigenvalue weighted by Gasteiger charge is 2.07. The van der Waals surface area contributed by atoms with Crippen molar-refractivity contribution >= 4 is 28.9 Å². The Morgan fingerprint density at radius 3 is 2.30 bits per heavy atom. The Labute approximate surface area is 159 Å². The van der Waals surface area contributed by atoms with Crippen LogP contribution in [0.25, 0.3) is 0 Å². The maximum absolute atomic E-state index is 12.3. The lowest BCUT2D eigenvalue weighted by Gasteiger charge is -2.14. The van der Waals surface area contributed by atoms with Gasteiger partial charge in [0.1, 0.15) is 17.5 Å². The molecule has 3 rings (SSSR count). The van der Waals surface area contributed by atoms with Crippen molar-refractivity contribution in [3.05, 3.63) is 71.5 Å². The molecule has 0 aliphatic heterocycles. The Balaban J connectivity index is 1.70. The van der Waals surface area contributed by atoms with Crippen LogP contribution in [0.4, 0.5) is 23.0 Å². The molecular formula is C21H23N5O. The van der Waals surface area contributed by atoms with Crippen LogP contribution in [0, 0.1) is 13.8 Å². The van der Waals surface area contributed by atoms with Crippen molar-refractivity contribution in [3.63, 3.8) is 0 Å². The van der Waals surface area contributed by atoms with Gasteiger partial charge in [-0.05, 0) is 50.2 Å². The predicted molar refractivity (Wildman–Crippen MR) is 110 cm³/mol. The first kappa shape index (κ1) is 18.4. The van der Waals surface area contributed by atoms with E-state index in [4.69, 9.17) is 0 Å². The first-order valence-corrected chi connectivity index (χ1v) is 8.69. The Hall–Kier alpha value is -3.41. The van der Waals surface area contributed by atoms with E-state index >= 15 is 0 Å². The summed E-state index contributed by atoms with van der Waals surface area (Å²) in [5.41, 5.74) is 3.32. The minimum atomic E-state index is -0.124. The minimum absolute atomic E-state index is 0.124. The number of hydrogen-bond acceptors (Lipinski definition) is 5. The molecule has 0 fully saturated rings. The minimum Gasteiger partial charge on any atom is -0.363 e. The molecule has 3 aromatic rings. The van der Waals surface area contributed by atoms with Crippen molar-refractivity contribution in [1.29, 1.82) is 0 Å². The lowest BCUT2D eigenvalue weighted by atomic mass is 10.1. The summed E-state index contributed by atoms with van der Waals surface area (Å²) in [7, 11) is 3.88. The Bertz CT molecular complexity index is 951. The molecule has 27 heavy (non-hydrogen) atoms. The van der Waals surface area contributed by atoms with Gasteiger partial charge >= 0.3 is 0 Å². The third-order valence-corrected chi connectivity index (χ3v) is 3.98. The highest BCUT2D eigenvalue weighted by molar-refractivity contribution is 6.04. The molecule has 6 nitrogen and oxygen atoms in total. The van der Waals surface area contributed by atoms with E-state index in [2.05, 4.69) is 20.6 Å². The molecule has 0 unspecified atom stereocenters. The second-order valence-corrected chi connectivity index (χ2v) is 6.58. The third kappa shape index (κ3) is 4.82. The van der Waals surface area contributed by atoms with Crippen molar-refractivity contribution in [3.8, 4) is 0 Å². The molecule has 1 aromatic heterocycles. The van der Waals surface area contributed by atoms with E-state index in [9.17, 15) is 4.79 Å². The molecule has 0 atom stereocenters. The molecule has 0 spiro atoms. The molecule has 1 heterocycles. The molecule has 6 heteroatoms. The van der Waals surface area contributed by atoms with E-state index in [1.54, 1.807) is 6.07 Å². The summed E-state index contributed by atoms with van der Waals surface area (Å²) in [6, 6.07) is 16.9. The predicted octanol–water partition coefficient (Wildman–Crippen LogP) is 4.16. The van der Waals surface area contributed by atoms with Crippen molar-refractivity contribution in [2.45, 2.75) is 13.8 Å². The highest BCUT2D eigenvalue weighted by atomic mass is 16.1. The van der Waals surface area contributed by atoms with Crippen LogP contribution < -0.4 is 15.5 Å². The van der Waals surface area contributed by atoms with Gasteiger partial charge in [-0.25, -0.2) is 9.97 Å². The van der Waals surface area contributed by atoms with Crippen LogP contribution in [0.5, 0.6) is 0 Å². The average Bonchev–Trinajstić information content (AvgIpc) is 2.63. The number of nitrogens with zero attached hydrogens (tertiary/aromatic N) is 3. The van der Waals surface area contributed by atoms with E-state index in [1.165, 1.54) is 0 Å². The molecular weight excluding hydrogens is 338 g/mol. The SMILES string of the molecule is Cc1cccc(C(=O)Nc2ccc(Nc3cc(N(C)C)nc(C)n3)cc2)c1. The van der Waals surface area contributed by atoms with Crippen molar-refractivity contribution in [1.82, 2.24) is 9.97 Å². The highest BCUT2D eigenvalue weighted by Crippen LogP contribution is 2.21. The molecule has 0 radical (unpaired) electrons. The fourth-order valence-corrected chi connectivity index (χ4v) is 2.62. The average molecular weight is 361 g/mol. The maximum atomic E-state index is 12.3. The second-order valence-electron chi connectivity index (χ2n) is 6.58. The van der Waals surface area contributed by atoms with Crippen molar-refractivity contribution < 1.29 is 4.79 Å². The van der Waals surface area contributed by atoms with E-state index in [-0.39, 0.29) is 5.91 Å². The summed E-state index contributed by atoms with van der Waals surface area (Å²) in [4.78, 5) is 23.1. The van der Waals surface area contributed by atoms with Crippen LogP contribution in [0.2, 0.25) is 0 Å². The Morgan fingerprint density at radius 2 is 1.63 bits per heavy atom. The van der Waals surface area contributed by atoms with Crippen LogP contribution in [-0.2, 0) is 0 Å². The quantitative estimate of drug-likeness (QED) is 0.714. The first-order valence-electron chi connectivity index (χ1n) is 8.69. The van der Waals surface area contributed by atoms with Gasteiger partial charge in [0.05, 0.1) is 0 Å². The summed E-state index contributed by atoms with van der Waals surface area (Å²) in [6.07, 6.45) is 0. The number of hydrogen-bond donors (Lipinski definition) is 2. The Morgan fingerprint density at radius 1 is 0.926 bits per heavy atom. The number of nitrogens with one attached hydrogen (secondary N) is 2. The van der Waals surface area contributed by atoms with Gasteiger partial charge in [0.2, 0.25) is 0 Å². The lowest BCUT2D eigenvalue weighted by molar-refractivity contribution is 0.102. The van der Waals surface area contributed by atoms with Crippen LogP contribution in [0.1, 0.15) is 21.7 Å². The van der Waals surface area contributed by atoms with Crippen LogP contribution >= 0.6 is 0 Å². The summed E-state index contributed by atoms with van der Waals surface area (Å²) in [5, 5.41) is 6.18. The number of amides is 1. The molecule has 2 N–H and O–H groups in total. The first-order chi connectivity index (χ1) is 12.9. The fourth-order valence-electron chi connectivity index (χ4n) is 2.62. The van der Waals surface area contributed by atoms with Gasteiger partial charge in [0.15, 0.2) is 0 Å². The van der Waals surface area contributed by atoms with E-state index in [1.807, 2.05) is 81.4 Å². The smallest absolute Gasteiger partial charge is 0.255 e. The second kappa shape index (κ2) is 7.86. The number of aromatic nitrogens is 2. The normalized spacial score (nSPS) is 10.4. The summed E-state index contributed by atoms with van der Waals surface area (Å²) >= 11 is 0. The van der Waals surface area contributed by atoms with Gasteiger partial charge in [-0.15, -0.1) is 0 Å². The molecule has 1 amide bonds. The molecule has 0 aliphatic rings. The van der Waals surface area contributed by atoms with Gasteiger partial charge < -0.3 is 15.5 Å². The van der Waals surface area contributed by atoms with E-state index in [0.29, 0.717) is 11.4 Å². The zero-order valence-electron chi connectivity index (χ0n) is 15.9. The molecule has 0 saturated carbocycles. The molecule has 0 bridgehead atoms. The van der Waals surface area contributed by atoms with Crippen LogP contribution in [0.3, 0.4) is 0 Å². The fraction of sp³-hybridized carbons (Fsp3) is 0.190. The third-order valence-electron chi connectivity index (χ3n) is 3.98. The maximum Gasteiger partial charge on any atom is 0.255 e. The number of rotatable bonds is 5. The van der Waals surface area contributed by atoms with Crippen molar-refractivity contribution in [2.24, 2.45) is 0 Å². The molecule has 2 aromatic carbocycles. The lowest BCUT2D eigenvalue weighted by Crippen LogP contribution is -2.12. The topological polar surface area (TPSA) is 70.2 Å². The van der Waals surface area contributed by atoms with E-state index < -0.39 is 0 Å². The van der Waals surface area contributed by atoms with E-state index in [0.717, 1.165) is 28.6 Å². The van der Waals surface area contributed by atoms with Gasteiger partial charge in [-0.2, -0.15) is 0 Å². The number of carbonyl (C=O) groups excluding carboxylic acids is 1. The summed E-state index contributed by atoms with van der Waals surface area (Å²) < 4.78 is 0. The van der Waals surface area contributed by atoms with Crippen molar-refractivity contribution in [2.75, 3.05) is 29.6 Å². The zero-order valence-corrected chi connectivity index (χ0v) is 15.9. The molecule has 0 aliphatic carbocycles. The number of aryl methyl sites for hydroxylation is 2. The number of benzene rings is 2. The standard InChI is InChI=1S/C21H23N5O/c1-14-6-5-7-16(12-14)21(27)25-18-10-8-17(9-11-18)24-19-13-20(26(3)4)23-15(2)22-19/h5-13H,1-4H3,(H,25,27)(H,22,23,24). The molecule has 138 valence electrons. The van der Waals surface area contributed by atoms with Gasteiger partial charge in [0.25, 0.3) is 5.91 Å².